The van der Waals surface area contributed by atoms with E-state index in [1.54, 1.807) is 7.11 Å². The van der Waals surface area contributed by atoms with Gasteiger partial charge in [-0.2, -0.15) is 5.26 Å². The van der Waals surface area contributed by atoms with E-state index in [1.807, 2.05) is 49.5 Å². The molecule has 0 radical (unpaired) electrons. The van der Waals surface area contributed by atoms with Gasteiger partial charge in [0.25, 0.3) is 0 Å². The van der Waals surface area contributed by atoms with E-state index in [9.17, 15) is 0 Å². The average molecular weight is 301 g/mol. The zero-order valence-corrected chi connectivity index (χ0v) is 12.9. The molecule has 4 heteroatoms. The van der Waals surface area contributed by atoms with Crippen LogP contribution in [-0.4, -0.2) is 19.1 Å². The first-order valence-electron chi connectivity index (χ1n) is 6.62. The van der Waals surface area contributed by atoms with Crippen LogP contribution in [-0.2, 0) is 13.1 Å². The van der Waals surface area contributed by atoms with Gasteiger partial charge in [0.1, 0.15) is 11.8 Å². The number of hydrogen-bond donors (Lipinski definition) is 0. The quantitative estimate of drug-likeness (QED) is 0.841. The van der Waals surface area contributed by atoms with Crippen molar-refractivity contribution in [3.63, 3.8) is 0 Å². The highest BCUT2D eigenvalue weighted by molar-refractivity contribution is 6.30. The lowest BCUT2D eigenvalue weighted by molar-refractivity contribution is 0.319. The summed E-state index contributed by atoms with van der Waals surface area (Å²) in [7, 11) is 3.62. The van der Waals surface area contributed by atoms with E-state index in [1.165, 1.54) is 5.56 Å². The Hall–Kier alpha value is -2.02. The Kier molecular flexibility index (Phi) is 5.21. The van der Waals surface area contributed by atoms with E-state index in [0.717, 1.165) is 23.7 Å². The topological polar surface area (TPSA) is 36.3 Å². The summed E-state index contributed by atoms with van der Waals surface area (Å²) in [6.45, 7) is 1.59. The number of halogens is 1. The second-order valence-corrected chi connectivity index (χ2v) is 5.38. The van der Waals surface area contributed by atoms with E-state index in [2.05, 4.69) is 11.0 Å². The minimum absolute atomic E-state index is 0.565. The Balaban J connectivity index is 2.04. The van der Waals surface area contributed by atoms with Gasteiger partial charge in [-0.25, -0.2) is 0 Å². The Morgan fingerprint density at radius 3 is 2.33 bits per heavy atom. The van der Waals surface area contributed by atoms with Crippen molar-refractivity contribution in [1.82, 2.24) is 4.90 Å². The van der Waals surface area contributed by atoms with E-state index < -0.39 is 0 Å². The number of hydrogen-bond acceptors (Lipinski definition) is 3. The summed E-state index contributed by atoms with van der Waals surface area (Å²) in [6, 6.07) is 15.7. The molecule has 0 saturated carbocycles. The zero-order valence-electron chi connectivity index (χ0n) is 12.1. The monoisotopic (exact) mass is 300 g/mol. The highest BCUT2D eigenvalue weighted by Gasteiger charge is 2.06. The lowest BCUT2D eigenvalue weighted by Gasteiger charge is -2.17. The summed E-state index contributed by atoms with van der Waals surface area (Å²) in [6.07, 6.45) is 0. The number of rotatable bonds is 5. The van der Waals surface area contributed by atoms with Crippen molar-refractivity contribution in [2.75, 3.05) is 14.2 Å². The lowest BCUT2D eigenvalue weighted by atomic mass is 10.1. The molecule has 0 unspecified atom stereocenters. The molecule has 108 valence electrons. The Bertz CT molecular complexity index is 647. The SMILES string of the molecule is COc1ccc(CN(C)Cc2ccc(Cl)cc2)cc1C#N. The first-order valence-corrected chi connectivity index (χ1v) is 7.00. The van der Waals surface area contributed by atoms with Gasteiger partial charge in [0.05, 0.1) is 12.7 Å². The number of methoxy groups -OCH3 is 1. The standard InChI is InChI=1S/C17H17ClN2O/c1-20(11-13-3-6-16(18)7-4-13)12-14-5-8-17(21-2)15(9-14)10-19/h3-9H,11-12H2,1-2H3. The molecule has 0 aliphatic heterocycles. The minimum atomic E-state index is 0.565. The molecule has 0 fully saturated rings. The van der Waals surface area contributed by atoms with Gasteiger partial charge < -0.3 is 4.74 Å². The summed E-state index contributed by atoms with van der Waals surface area (Å²) in [5.41, 5.74) is 2.86. The van der Waals surface area contributed by atoms with Crippen LogP contribution in [0.2, 0.25) is 5.02 Å². The molecule has 0 aliphatic rings. The second kappa shape index (κ2) is 7.12. The van der Waals surface area contributed by atoms with Crippen molar-refractivity contribution in [3.05, 3.63) is 64.2 Å². The fourth-order valence-electron chi connectivity index (χ4n) is 2.21. The van der Waals surface area contributed by atoms with E-state index in [4.69, 9.17) is 21.6 Å². The Morgan fingerprint density at radius 1 is 1.10 bits per heavy atom. The van der Waals surface area contributed by atoms with Crippen molar-refractivity contribution in [2.45, 2.75) is 13.1 Å². The normalized spacial score (nSPS) is 10.4. The van der Waals surface area contributed by atoms with Gasteiger partial charge in [-0.1, -0.05) is 29.8 Å². The van der Waals surface area contributed by atoms with Crippen molar-refractivity contribution < 1.29 is 4.74 Å². The third-order valence-corrected chi connectivity index (χ3v) is 3.45. The van der Waals surface area contributed by atoms with Crippen LogP contribution in [0.1, 0.15) is 16.7 Å². The predicted octanol–water partition coefficient (Wildman–Crippen LogP) is 3.85. The maximum atomic E-state index is 9.11. The highest BCUT2D eigenvalue weighted by atomic mass is 35.5. The lowest BCUT2D eigenvalue weighted by Crippen LogP contribution is -2.17. The van der Waals surface area contributed by atoms with Crippen LogP contribution >= 0.6 is 11.6 Å². The van der Waals surface area contributed by atoms with E-state index in [-0.39, 0.29) is 0 Å². The third-order valence-electron chi connectivity index (χ3n) is 3.20. The molecule has 21 heavy (non-hydrogen) atoms. The van der Waals surface area contributed by atoms with Crippen LogP contribution in [0.25, 0.3) is 0 Å². The highest BCUT2D eigenvalue weighted by Crippen LogP contribution is 2.20. The van der Waals surface area contributed by atoms with Gasteiger partial charge >= 0.3 is 0 Å². The van der Waals surface area contributed by atoms with Gasteiger partial charge in [0.2, 0.25) is 0 Å². The first kappa shape index (κ1) is 15.4. The Labute approximate surface area is 130 Å². The van der Waals surface area contributed by atoms with Crippen LogP contribution in [0, 0.1) is 11.3 Å². The van der Waals surface area contributed by atoms with Crippen LogP contribution in [0.15, 0.2) is 42.5 Å². The summed E-state index contributed by atoms with van der Waals surface area (Å²) in [5, 5.41) is 9.86. The molecular formula is C17H17ClN2O. The molecule has 3 nitrogen and oxygen atoms in total. The molecule has 0 N–H and O–H groups in total. The molecule has 0 aliphatic carbocycles. The van der Waals surface area contributed by atoms with Gasteiger partial charge in [-0.05, 0) is 42.4 Å². The molecule has 0 amide bonds. The molecule has 0 bridgehead atoms. The Morgan fingerprint density at radius 2 is 1.71 bits per heavy atom. The molecule has 0 aromatic heterocycles. The van der Waals surface area contributed by atoms with Gasteiger partial charge in [0, 0.05) is 18.1 Å². The predicted molar refractivity (Wildman–Crippen MR) is 84.3 cm³/mol. The smallest absolute Gasteiger partial charge is 0.136 e. The number of ether oxygens (including phenoxy) is 1. The van der Waals surface area contributed by atoms with Gasteiger partial charge in [0.15, 0.2) is 0 Å². The summed E-state index contributed by atoms with van der Waals surface area (Å²) in [5.74, 6) is 0.613. The molecular weight excluding hydrogens is 284 g/mol. The molecule has 2 aromatic carbocycles. The van der Waals surface area contributed by atoms with Crippen LogP contribution in [0.3, 0.4) is 0 Å². The zero-order chi connectivity index (χ0) is 15.2. The van der Waals surface area contributed by atoms with Crippen molar-refractivity contribution >= 4 is 11.6 Å². The number of nitriles is 1. The summed E-state index contributed by atoms with van der Waals surface area (Å²) < 4.78 is 5.15. The molecule has 2 aromatic rings. The largest absolute Gasteiger partial charge is 0.495 e. The molecule has 0 heterocycles. The minimum Gasteiger partial charge on any atom is -0.495 e. The fourth-order valence-corrected chi connectivity index (χ4v) is 2.34. The molecule has 0 saturated heterocycles. The summed E-state index contributed by atoms with van der Waals surface area (Å²) >= 11 is 5.88. The molecule has 0 atom stereocenters. The maximum Gasteiger partial charge on any atom is 0.136 e. The second-order valence-electron chi connectivity index (χ2n) is 4.95. The number of nitrogens with zero attached hydrogens (tertiary/aromatic N) is 2. The number of benzene rings is 2. The van der Waals surface area contributed by atoms with Crippen LogP contribution in [0.4, 0.5) is 0 Å². The fraction of sp³-hybridized carbons (Fsp3) is 0.235. The van der Waals surface area contributed by atoms with E-state index in [0.29, 0.717) is 11.3 Å². The molecule has 2 rings (SSSR count). The van der Waals surface area contributed by atoms with E-state index >= 15 is 0 Å². The summed E-state index contributed by atoms with van der Waals surface area (Å²) in [4.78, 5) is 2.19. The van der Waals surface area contributed by atoms with Crippen molar-refractivity contribution in [1.29, 1.82) is 5.26 Å². The van der Waals surface area contributed by atoms with Crippen LogP contribution in [0.5, 0.6) is 5.75 Å². The van der Waals surface area contributed by atoms with Gasteiger partial charge in [-0.15, -0.1) is 0 Å². The van der Waals surface area contributed by atoms with Gasteiger partial charge in [-0.3, -0.25) is 4.90 Å². The maximum absolute atomic E-state index is 9.11. The molecule has 0 spiro atoms. The third kappa shape index (κ3) is 4.22. The first-order chi connectivity index (χ1) is 10.1. The van der Waals surface area contributed by atoms with Crippen LogP contribution < -0.4 is 4.74 Å². The van der Waals surface area contributed by atoms with Crippen molar-refractivity contribution in [3.8, 4) is 11.8 Å². The van der Waals surface area contributed by atoms with Crippen molar-refractivity contribution in [2.24, 2.45) is 0 Å². The average Bonchev–Trinajstić information content (AvgIpc) is 2.49.